The van der Waals surface area contributed by atoms with Gasteiger partial charge in [-0.15, -0.1) is 4.31 Å². The summed E-state index contributed by atoms with van der Waals surface area (Å²) < 4.78 is 41.6. The van der Waals surface area contributed by atoms with E-state index in [0.717, 1.165) is 5.56 Å². The standard InChI is InChI=1S/C25H25FN2O3S/c26-22-13-11-20(12-14-22)24-17-21(25(29)27-16-15-19-7-3-1-4-8-19)18-28(24)32(30,31)23-9-5-2-6-10-23/h1-14,21,24H,15-18H2,(H-,27,29,30,31)/t21-,24+/m1/s1. The van der Waals surface area contributed by atoms with Gasteiger partial charge in [0.25, 0.3) is 0 Å². The molecule has 0 bridgehead atoms. The van der Waals surface area contributed by atoms with E-state index in [2.05, 4.69) is 5.32 Å². The van der Waals surface area contributed by atoms with Crippen molar-refractivity contribution in [1.82, 2.24) is 9.62 Å². The molecule has 0 radical (unpaired) electrons. The first-order chi connectivity index (χ1) is 15.4. The van der Waals surface area contributed by atoms with Gasteiger partial charge in [-0.2, -0.15) is 0 Å². The third kappa shape index (κ3) is 4.96. The second-order valence-electron chi connectivity index (χ2n) is 7.91. The van der Waals surface area contributed by atoms with Crippen LogP contribution in [-0.2, 0) is 25.8 Å². The van der Waals surface area contributed by atoms with Crippen LogP contribution in [0.1, 0.15) is 23.6 Å². The van der Waals surface area contributed by atoms with Gasteiger partial charge < -0.3 is 9.87 Å². The summed E-state index contributed by atoms with van der Waals surface area (Å²) in [4.78, 5) is 13.1. The summed E-state index contributed by atoms with van der Waals surface area (Å²) in [6, 6.07) is 23.3. The van der Waals surface area contributed by atoms with E-state index in [1.54, 1.807) is 42.5 Å². The first-order valence-electron chi connectivity index (χ1n) is 10.6. The zero-order valence-electron chi connectivity index (χ0n) is 17.5. The fourth-order valence-electron chi connectivity index (χ4n) is 4.10. The van der Waals surface area contributed by atoms with E-state index in [1.165, 1.54) is 16.4 Å². The van der Waals surface area contributed by atoms with Crippen LogP contribution in [0.5, 0.6) is 0 Å². The second kappa shape index (κ2) is 9.73. The van der Waals surface area contributed by atoms with Crippen molar-refractivity contribution in [2.45, 2.75) is 23.8 Å². The fraction of sp³-hybridized carbons (Fsp3) is 0.240. The number of carbonyl (C=O) groups is 1. The number of nitrogens with one attached hydrogen (secondary N) is 1. The Hall–Kier alpha value is -2.87. The summed E-state index contributed by atoms with van der Waals surface area (Å²) in [7, 11) is -3.82. The van der Waals surface area contributed by atoms with Gasteiger partial charge >= 0.3 is 0 Å². The van der Waals surface area contributed by atoms with E-state index in [-0.39, 0.29) is 23.2 Å². The van der Waals surface area contributed by atoms with E-state index < -0.39 is 22.4 Å². The normalized spacial score (nSPS) is 20.6. The van der Waals surface area contributed by atoms with Crippen molar-refractivity contribution >= 4 is 16.3 Å². The molecular weight excluding hydrogens is 427 g/mol. The van der Waals surface area contributed by atoms with Gasteiger partial charge in [0.1, 0.15) is 5.82 Å². The highest BCUT2D eigenvalue weighted by Gasteiger charge is 2.46. The molecule has 7 heteroatoms. The lowest BCUT2D eigenvalue weighted by molar-refractivity contribution is -0.124. The Kier molecular flexibility index (Phi) is 6.79. The van der Waals surface area contributed by atoms with Crippen LogP contribution >= 0.6 is 0 Å². The number of benzene rings is 3. The van der Waals surface area contributed by atoms with Crippen LogP contribution in [0.15, 0.2) is 89.8 Å². The van der Waals surface area contributed by atoms with Crippen molar-refractivity contribution in [3.05, 3.63) is 102 Å². The zero-order valence-corrected chi connectivity index (χ0v) is 18.3. The van der Waals surface area contributed by atoms with E-state index in [0.29, 0.717) is 24.9 Å². The van der Waals surface area contributed by atoms with Crippen LogP contribution in [0, 0.1) is 11.7 Å². The van der Waals surface area contributed by atoms with E-state index in [4.69, 9.17) is 0 Å². The fourth-order valence-corrected chi connectivity index (χ4v) is 5.79. The third-order valence-corrected chi connectivity index (χ3v) is 7.68. The number of amides is 1. The summed E-state index contributed by atoms with van der Waals surface area (Å²) >= 11 is 0. The smallest absolute Gasteiger partial charge is 0.224 e. The Morgan fingerprint density at radius 1 is 1.00 bits per heavy atom. The average molecular weight is 453 g/mol. The number of nitrogens with zero attached hydrogens (tertiary/aromatic N) is 1. The third-order valence-electron chi connectivity index (χ3n) is 5.79. The first kappa shape index (κ1) is 22.3. The predicted octanol–water partition coefficient (Wildman–Crippen LogP) is 4.15. The van der Waals surface area contributed by atoms with Crippen molar-refractivity contribution in [2.24, 2.45) is 5.92 Å². The summed E-state index contributed by atoms with van der Waals surface area (Å²) in [5.74, 6) is -1.04. The molecule has 1 amide bonds. The maximum Gasteiger partial charge on any atom is 0.224 e. The van der Waals surface area contributed by atoms with Crippen molar-refractivity contribution < 1.29 is 17.9 Å². The van der Waals surface area contributed by atoms with Gasteiger partial charge in [0.05, 0.1) is 18.5 Å². The van der Waals surface area contributed by atoms with E-state index in [1.807, 2.05) is 30.3 Å². The molecule has 1 heterocycles. The Morgan fingerprint density at radius 2 is 1.62 bits per heavy atom. The molecule has 3 atom stereocenters. The molecule has 0 aromatic heterocycles. The van der Waals surface area contributed by atoms with Gasteiger partial charge in [-0.3, -0.25) is 4.79 Å². The average Bonchev–Trinajstić information content (AvgIpc) is 3.27. The van der Waals surface area contributed by atoms with Crippen LogP contribution in [-0.4, -0.2) is 27.9 Å². The quantitative estimate of drug-likeness (QED) is 0.548. The van der Waals surface area contributed by atoms with Gasteiger partial charge in [-0.1, -0.05) is 64.9 Å². The number of hydrogen-bond acceptors (Lipinski definition) is 3. The van der Waals surface area contributed by atoms with Crippen molar-refractivity contribution in [3.63, 3.8) is 0 Å². The number of rotatable bonds is 7. The summed E-state index contributed by atoms with van der Waals surface area (Å²) in [5.41, 5.74) is 1.79. The lowest BCUT2D eigenvalue weighted by Gasteiger charge is -2.28. The highest BCUT2D eigenvalue weighted by Crippen LogP contribution is 2.41. The minimum atomic E-state index is -3.82. The molecule has 32 heavy (non-hydrogen) atoms. The number of carbonyl (C=O) groups excluding carboxylic acids is 1. The Bertz CT molecular complexity index is 1090. The molecule has 1 N–H and O–H groups in total. The summed E-state index contributed by atoms with van der Waals surface area (Å²) in [6.45, 7) is 0.558. The van der Waals surface area contributed by atoms with Crippen LogP contribution in [0.25, 0.3) is 0 Å². The lowest BCUT2D eigenvalue weighted by Crippen LogP contribution is -2.38. The van der Waals surface area contributed by atoms with Gasteiger partial charge in [-0.05, 0) is 48.2 Å². The monoisotopic (exact) mass is 452 g/mol. The Balaban J connectivity index is 1.52. The van der Waals surface area contributed by atoms with Crippen molar-refractivity contribution in [1.29, 1.82) is 0 Å². The molecule has 1 fully saturated rings. The van der Waals surface area contributed by atoms with Crippen LogP contribution in [0.3, 0.4) is 0 Å². The summed E-state index contributed by atoms with van der Waals surface area (Å²) in [5, 5.41) is 2.95. The molecule has 4 rings (SSSR count). The van der Waals surface area contributed by atoms with E-state index in [9.17, 15) is 17.9 Å². The Labute approximate surface area is 188 Å². The molecule has 1 saturated heterocycles. The predicted molar refractivity (Wildman–Crippen MR) is 121 cm³/mol. The molecular formula is C25H25FN2O3S. The number of hydrogen-bond donors (Lipinski definition) is 1. The molecule has 1 unspecified atom stereocenters. The van der Waals surface area contributed by atoms with Gasteiger partial charge in [0.15, 0.2) is 15.3 Å². The zero-order chi connectivity index (χ0) is 22.6. The first-order valence-corrected chi connectivity index (χ1v) is 12.0. The molecule has 0 aliphatic carbocycles. The minimum absolute atomic E-state index is 0.0798. The minimum Gasteiger partial charge on any atom is -0.593 e. The number of sulfonamides is 1. The SMILES string of the molecule is O=C(NCCc1ccccc1)[C@@H]1C[C@@H](c2ccc(F)cc2)N([S+](=O)([O-])c2ccccc2)C1. The molecule has 1 aliphatic rings. The van der Waals surface area contributed by atoms with Crippen LogP contribution in [0.4, 0.5) is 4.39 Å². The Morgan fingerprint density at radius 3 is 2.28 bits per heavy atom. The molecule has 1 aliphatic heterocycles. The van der Waals surface area contributed by atoms with Crippen LogP contribution in [0.2, 0.25) is 0 Å². The van der Waals surface area contributed by atoms with E-state index >= 15 is 0 Å². The number of halogens is 1. The van der Waals surface area contributed by atoms with Crippen molar-refractivity contribution in [2.75, 3.05) is 13.1 Å². The van der Waals surface area contributed by atoms with Gasteiger partial charge in [-0.25, -0.2) is 4.39 Å². The molecule has 0 saturated carbocycles. The lowest BCUT2D eigenvalue weighted by atomic mass is 9.99. The topological polar surface area (TPSA) is 72.5 Å². The highest BCUT2D eigenvalue weighted by atomic mass is 32.3. The van der Waals surface area contributed by atoms with Gasteiger partial charge in [0.2, 0.25) is 5.91 Å². The largest absolute Gasteiger partial charge is 0.593 e. The molecule has 5 nitrogen and oxygen atoms in total. The van der Waals surface area contributed by atoms with Crippen molar-refractivity contribution in [3.8, 4) is 0 Å². The summed E-state index contributed by atoms with van der Waals surface area (Å²) in [6.07, 6.45) is 1.04. The maximum absolute atomic E-state index is 13.5. The highest BCUT2D eigenvalue weighted by molar-refractivity contribution is 7.95. The van der Waals surface area contributed by atoms with Crippen LogP contribution < -0.4 is 5.32 Å². The molecule has 166 valence electrons. The molecule has 3 aromatic carbocycles. The van der Waals surface area contributed by atoms with Gasteiger partial charge in [0, 0.05) is 6.54 Å². The maximum atomic E-state index is 13.5. The molecule has 3 aromatic rings. The molecule has 0 spiro atoms. The second-order valence-corrected chi connectivity index (χ2v) is 9.80.